The summed E-state index contributed by atoms with van der Waals surface area (Å²) in [5.41, 5.74) is 6.59. The zero-order valence-electron chi connectivity index (χ0n) is 8.82. The maximum atomic E-state index is 8.74. The van der Waals surface area contributed by atoms with Gasteiger partial charge in [0.2, 0.25) is 0 Å². The van der Waals surface area contributed by atoms with E-state index in [0.717, 1.165) is 18.5 Å². The minimum Gasteiger partial charge on any atom is -0.330 e. The molecule has 0 radical (unpaired) electrons. The molecule has 0 aliphatic rings. The molecule has 3 heteroatoms. The first kappa shape index (κ1) is 11.7. The summed E-state index contributed by atoms with van der Waals surface area (Å²) in [5, 5.41) is 12.1. The van der Waals surface area contributed by atoms with Crippen LogP contribution in [0.4, 0.5) is 0 Å². The molecule has 1 atom stereocenters. The van der Waals surface area contributed by atoms with Crippen LogP contribution in [0.2, 0.25) is 0 Å². The molecule has 0 fully saturated rings. The third-order valence-electron chi connectivity index (χ3n) is 2.27. The molecule has 1 unspecified atom stereocenters. The van der Waals surface area contributed by atoms with Crippen LogP contribution >= 0.6 is 0 Å². The first-order chi connectivity index (χ1) is 7.38. The van der Waals surface area contributed by atoms with Gasteiger partial charge in [-0.05, 0) is 25.1 Å². The van der Waals surface area contributed by atoms with Crippen molar-refractivity contribution in [2.75, 3.05) is 13.1 Å². The van der Waals surface area contributed by atoms with Crippen LogP contribution in [0.3, 0.4) is 0 Å². The minimum atomic E-state index is 0.128. The molecule has 1 rings (SSSR count). The molecule has 0 bridgehead atoms. The van der Waals surface area contributed by atoms with E-state index in [1.807, 2.05) is 30.3 Å². The lowest BCUT2D eigenvalue weighted by molar-refractivity contribution is 0.534. The Morgan fingerprint density at radius 1 is 1.33 bits per heavy atom. The Hall–Kier alpha value is -1.37. The number of benzene rings is 1. The van der Waals surface area contributed by atoms with Gasteiger partial charge in [-0.3, -0.25) is 0 Å². The van der Waals surface area contributed by atoms with Crippen molar-refractivity contribution in [3.05, 3.63) is 35.9 Å². The van der Waals surface area contributed by atoms with Crippen LogP contribution in [0, 0.1) is 11.3 Å². The SMILES string of the molecule is N#CCC(NCCCN)c1ccccc1. The van der Waals surface area contributed by atoms with E-state index < -0.39 is 0 Å². The lowest BCUT2D eigenvalue weighted by atomic mass is 10.0. The molecule has 0 aliphatic heterocycles. The van der Waals surface area contributed by atoms with Crippen molar-refractivity contribution >= 4 is 0 Å². The first-order valence-electron chi connectivity index (χ1n) is 5.24. The Balaban J connectivity index is 2.55. The Morgan fingerprint density at radius 3 is 2.67 bits per heavy atom. The molecule has 0 spiro atoms. The second kappa shape index (κ2) is 6.99. The second-order valence-electron chi connectivity index (χ2n) is 3.42. The van der Waals surface area contributed by atoms with Crippen LogP contribution < -0.4 is 11.1 Å². The number of nitriles is 1. The lowest BCUT2D eigenvalue weighted by Crippen LogP contribution is -2.23. The molecule has 0 heterocycles. The van der Waals surface area contributed by atoms with Crippen LogP contribution in [-0.4, -0.2) is 13.1 Å². The molecule has 3 nitrogen and oxygen atoms in total. The molecule has 80 valence electrons. The predicted molar refractivity (Wildman–Crippen MR) is 61.1 cm³/mol. The first-order valence-corrected chi connectivity index (χ1v) is 5.24. The summed E-state index contributed by atoms with van der Waals surface area (Å²) in [5.74, 6) is 0. The Bertz CT molecular complexity index is 302. The normalized spacial score (nSPS) is 12.0. The largest absolute Gasteiger partial charge is 0.330 e. The number of hydrogen-bond acceptors (Lipinski definition) is 3. The van der Waals surface area contributed by atoms with Gasteiger partial charge in [0.15, 0.2) is 0 Å². The molecule has 1 aromatic carbocycles. The van der Waals surface area contributed by atoms with Gasteiger partial charge in [0.05, 0.1) is 12.5 Å². The van der Waals surface area contributed by atoms with Crippen molar-refractivity contribution in [2.24, 2.45) is 5.73 Å². The minimum absolute atomic E-state index is 0.128. The summed E-state index contributed by atoms with van der Waals surface area (Å²) >= 11 is 0. The molecular formula is C12H17N3. The number of rotatable bonds is 6. The Kier molecular flexibility index (Phi) is 5.46. The Morgan fingerprint density at radius 2 is 2.07 bits per heavy atom. The van der Waals surface area contributed by atoms with E-state index in [1.165, 1.54) is 0 Å². The van der Waals surface area contributed by atoms with E-state index in [9.17, 15) is 0 Å². The van der Waals surface area contributed by atoms with E-state index >= 15 is 0 Å². The fourth-order valence-corrected chi connectivity index (χ4v) is 1.46. The zero-order chi connectivity index (χ0) is 10.9. The highest BCUT2D eigenvalue weighted by Crippen LogP contribution is 2.15. The van der Waals surface area contributed by atoms with Gasteiger partial charge in [0.25, 0.3) is 0 Å². The van der Waals surface area contributed by atoms with Crippen molar-refractivity contribution in [2.45, 2.75) is 18.9 Å². The van der Waals surface area contributed by atoms with E-state index in [1.54, 1.807) is 0 Å². The van der Waals surface area contributed by atoms with Crippen LogP contribution in [0.5, 0.6) is 0 Å². The lowest BCUT2D eigenvalue weighted by Gasteiger charge is -2.15. The van der Waals surface area contributed by atoms with Crippen LogP contribution in [0.25, 0.3) is 0 Å². The molecule has 0 aliphatic carbocycles. The number of hydrogen-bond donors (Lipinski definition) is 2. The summed E-state index contributed by atoms with van der Waals surface area (Å²) in [6, 6.07) is 12.4. The topological polar surface area (TPSA) is 61.8 Å². The van der Waals surface area contributed by atoms with Gasteiger partial charge in [-0.25, -0.2) is 0 Å². The van der Waals surface area contributed by atoms with Crippen molar-refractivity contribution in [3.8, 4) is 6.07 Å². The summed E-state index contributed by atoms with van der Waals surface area (Å²) in [6.07, 6.45) is 1.43. The van der Waals surface area contributed by atoms with Gasteiger partial charge in [-0.15, -0.1) is 0 Å². The third kappa shape index (κ3) is 4.11. The van der Waals surface area contributed by atoms with Gasteiger partial charge in [-0.1, -0.05) is 30.3 Å². The van der Waals surface area contributed by atoms with E-state index in [4.69, 9.17) is 11.0 Å². The number of nitrogens with zero attached hydrogens (tertiary/aromatic N) is 1. The van der Waals surface area contributed by atoms with Gasteiger partial charge in [-0.2, -0.15) is 5.26 Å². The zero-order valence-corrected chi connectivity index (χ0v) is 8.82. The maximum Gasteiger partial charge on any atom is 0.0641 e. The maximum absolute atomic E-state index is 8.74. The van der Waals surface area contributed by atoms with Crippen molar-refractivity contribution in [1.82, 2.24) is 5.32 Å². The molecule has 15 heavy (non-hydrogen) atoms. The van der Waals surface area contributed by atoms with E-state index in [-0.39, 0.29) is 6.04 Å². The highest BCUT2D eigenvalue weighted by molar-refractivity contribution is 5.19. The fourth-order valence-electron chi connectivity index (χ4n) is 1.46. The van der Waals surface area contributed by atoms with Crippen molar-refractivity contribution in [3.63, 3.8) is 0 Å². The van der Waals surface area contributed by atoms with E-state index in [2.05, 4.69) is 11.4 Å². The summed E-state index contributed by atoms with van der Waals surface area (Å²) in [4.78, 5) is 0. The number of nitrogens with one attached hydrogen (secondary N) is 1. The average molecular weight is 203 g/mol. The summed E-state index contributed by atoms with van der Waals surface area (Å²) < 4.78 is 0. The van der Waals surface area contributed by atoms with Crippen LogP contribution in [-0.2, 0) is 0 Å². The molecule has 0 aromatic heterocycles. The molecule has 0 saturated carbocycles. The highest BCUT2D eigenvalue weighted by atomic mass is 14.9. The predicted octanol–water partition coefficient (Wildman–Crippen LogP) is 1.58. The monoisotopic (exact) mass is 203 g/mol. The smallest absolute Gasteiger partial charge is 0.0641 e. The van der Waals surface area contributed by atoms with Gasteiger partial charge in [0.1, 0.15) is 0 Å². The average Bonchev–Trinajstić information content (AvgIpc) is 2.29. The van der Waals surface area contributed by atoms with Crippen molar-refractivity contribution < 1.29 is 0 Å². The molecule has 3 N–H and O–H groups in total. The van der Waals surface area contributed by atoms with Gasteiger partial charge < -0.3 is 11.1 Å². The summed E-state index contributed by atoms with van der Waals surface area (Å²) in [6.45, 7) is 1.54. The third-order valence-corrected chi connectivity index (χ3v) is 2.27. The molecular weight excluding hydrogens is 186 g/mol. The standard InChI is InChI=1S/C12H17N3/c13-8-4-10-15-12(7-9-14)11-5-2-1-3-6-11/h1-3,5-6,12,15H,4,7-8,10,13H2. The second-order valence-corrected chi connectivity index (χ2v) is 3.42. The number of nitrogens with two attached hydrogens (primary N) is 1. The Labute approximate surface area is 90.9 Å². The van der Waals surface area contributed by atoms with E-state index in [0.29, 0.717) is 13.0 Å². The van der Waals surface area contributed by atoms with Gasteiger partial charge >= 0.3 is 0 Å². The fraction of sp³-hybridized carbons (Fsp3) is 0.417. The molecule has 0 amide bonds. The molecule has 0 saturated heterocycles. The molecule has 1 aromatic rings. The van der Waals surface area contributed by atoms with Crippen LogP contribution in [0.15, 0.2) is 30.3 Å². The van der Waals surface area contributed by atoms with Gasteiger partial charge in [0, 0.05) is 6.04 Å². The highest BCUT2D eigenvalue weighted by Gasteiger charge is 2.08. The van der Waals surface area contributed by atoms with Crippen molar-refractivity contribution in [1.29, 1.82) is 5.26 Å². The quantitative estimate of drug-likeness (QED) is 0.690. The summed E-state index contributed by atoms with van der Waals surface area (Å²) in [7, 11) is 0. The van der Waals surface area contributed by atoms with Crippen LogP contribution in [0.1, 0.15) is 24.4 Å².